The summed E-state index contributed by atoms with van der Waals surface area (Å²) < 4.78 is 68.5. The third-order valence-electron chi connectivity index (χ3n) is 2.70. The molecule has 0 atom stereocenters. The van der Waals surface area contributed by atoms with Crippen molar-refractivity contribution < 1.29 is 30.5 Å². The van der Waals surface area contributed by atoms with Crippen LogP contribution in [-0.2, 0) is 14.9 Å². The van der Waals surface area contributed by atoms with Crippen molar-refractivity contribution in [2.45, 2.75) is 5.51 Å². The van der Waals surface area contributed by atoms with Gasteiger partial charge in [-0.15, -0.1) is 0 Å². The van der Waals surface area contributed by atoms with Crippen LogP contribution in [0.4, 0.5) is 18.9 Å². The molecule has 9 heteroatoms. The van der Waals surface area contributed by atoms with Crippen molar-refractivity contribution in [2.75, 3.05) is 31.2 Å². The highest BCUT2D eigenvalue weighted by molar-refractivity contribution is 7.88. The predicted octanol–water partition coefficient (Wildman–Crippen LogP) is 1.75. The number of ether oxygens (including phenoxy) is 1. The van der Waals surface area contributed by atoms with E-state index in [-0.39, 0.29) is 5.75 Å². The van der Waals surface area contributed by atoms with E-state index >= 15 is 0 Å². The van der Waals surface area contributed by atoms with Crippen molar-refractivity contribution in [3.8, 4) is 5.75 Å². The van der Waals surface area contributed by atoms with Crippen LogP contribution in [0.25, 0.3) is 0 Å². The van der Waals surface area contributed by atoms with Crippen LogP contribution in [0, 0.1) is 0 Å². The summed E-state index contributed by atoms with van der Waals surface area (Å²) in [6, 6.07) is 5.70. The van der Waals surface area contributed by atoms with Gasteiger partial charge in [0, 0.05) is 13.1 Å². The number of nitrogens with zero attached hydrogens (tertiary/aromatic N) is 1. The van der Waals surface area contributed by atoms with E-state index in [0.717, 1.165) is 0 Å². The maximum atomic E-state index is 12.3. The van der Waals surface area contributed by atoms with E-state index in [9.17, 15) is 21.6 Å². The first-order valence-corrected chi connectivity index (χ1v) is 7.14. The quantitative estimate of drug-likeness (QED) is 0.629. The number of halogens is 3. The summed E-state index contributed by atoms with van der Waals surface area (Å²) in [5, 5.41) is 0. The van der Waals surface area contributed by atoms with Gasteiger partial charge < -0.3 is 13.8 Å². The van der Waals surface area contributed by atoms with Crippen molar-refractivity contribution in [1.82, 2.24) is 0 Å². The molecule has 0 N–H and O–H groups in total. The molecule has 112 valence electrons. The average molecular weight is 311 g/mol. The van der Waals surface area contributed by atoms with Crippen LogP contribution < -0.4 is 9.08 Å². The first kappa shape index (κ1) is 14.9. The molecule has 0 aromatic heterocycles. The van der Waals surface area contributed by atoms with Crippen molar-refractivity contribution in [3.63, 3.8) is 0 Å². The van der Waals surface area contributed by atoms with Crippen molar-refractivity contribution in [1.29, 1.82) is 0 Å². The normalized spacial score (nSPS) is 17.1. The highest BCUT2D eigenvalue weighted by atomic mass is 32.2. The highest BCUT2D eigenvalue weighted by Gasteiger charge is 2.48. The summed E-state index contributed by atoms with van der Waals surface area (Å²) in [5.41, 5.74) is -5.16. The Bertz CT molecular complexity index is 567. The summed E-state index contributed by atoms with van der Waals surface area (Å²) in [7, 11) is -5.67. The lowest BCUT2D eigenvalue weighted by Gasteiger charge is -2.30. The van der Waals surface area contributed by atoms with E-state index in [1.165, 1.54) is 18.2 Å². The lowest BCUT2D eigenvalue weighted by Crippen LogP contribution is -2.37. The maximum absolute atomic E-state index is 12.3. The molecule has 0 saturated carbocycles. The Balaban J connectivity index is 2.29. The van der Waals surface area contributed by atoms with Crippen molar-refractivity contribution >= 4 is 15.8 Å². The Hall–Kier alpha value is -1.48. The molecule has 0 amide bonds. The van der Waals surface area contributed by atoms with Crippen LogP contribution in [0.5, 0.6) is 5.75 Å². The third kappa shape index (κ3) is 3.15. The molecule has 1 aromatic carbocycles. The highest BCUT2D eigenvalue weighted by Crippen LogP contribution is 2.33. The number of anilines is 1. The van der Waals surface area contributed by atoms with E-state index < -0.39 is 15.6 Å². The largest absolute Gasteiger partial charge is 0.534 e. The predicted molar refractivity (Wildman–Crippen MR) is 65.1 cm³/mol. The maximum Gasteiger partial charge on any atom is 0.534 e. The Kier molecular flexibility index (Phi) is 4.09. The van der Waals surface area contributed by atoms with Crippen LogP contribution in [0.1, 0.15) is 0 Å². The minimum atomic E-state index is -5.67. The van der Waals surface area contributed by atoms with Crippen LogP contribution in [0.2, 0.25) is 0 Å². The molecule has 1 aliphatic heterocycles. The molecule has 0 bridgehead atoms. The first-order valence-electron chi connectivity index (χ1n) is 5.74. The molecular weight excluding hydrogens is 299 g/mol. The van der Waals surface area contributed by atoms with E-state index in [4.69, 9.17) is 4.74 Å². The zero-order chi connectivity index (χ0) is 14.8. The summed E-state index contributed by atoms with van der Waals surface area (Å²) in [6.45, 7) is 1.74. The van der Waals surface area contributed by atoms with Gasteiger partial charge in [-0.05, 0) is 12.1 Å². The number of hydrogen-bond donors (Lipinski definition) is 0. The van der Waals surface area contributed by atoms with Crippen LogP contribution in [0.3, 0.4) is 0 Å². The fourth-order valence-electron chi connectivity index (χ4n) is 1.76. The SMILES string of the molecule is O=S(=O)(Oc1ccccc1N1CCOCC1)C(F)(F)F. The van der Waals surface area contributed by atoms with Crippen molar-refractivity contribution in [3.05, 3.63) is 24.3 Å². The number of rotatable bonds is 3. The number of hydrogen-bond acceptors (Lipinski definition) is 5. The second kappa shape index (κ2) is 5.49. The first-order chi connectivity index (χ1) is 9.31. The molecule has 1 aliphatic rings. The number of benzene rings is 1. The van der Waals surface area contributed by atoms with Gasteiger partial charge in [-0.3, -0.25) is 0 Å². The Morgan fingerprint density at radius 3 is 2.35 bits per heavy atom. The topological polar surface area (TPSA) is 55.8 Å². The summed E-state index contributed by atoms with van der Waals surface area (Å²) in [4.78, 5) is 1.71. The molecule has 1 heterocycles. The smallest absolute Gasteiger partial charge is 0.378 e. The molecule has 0 spiro atoms. The zero-order valence-corrected chi connectivity index (χ0v) is 11.1. The molecule has 1 saturated heterocycles. The molecule has 1 fully saturated rings. The summed E-state index contributed by atoms with van der Waals surface area (Å²) in [6.07, 6.45) is 0. The van der Waals surface area contributed by atoms with Crippen LogP contribution in [-0.4, -0.2) is 40.2 Å². The van der Waals surface area contributed by atoms with E-state index in [1.54, 1.807) is 11.0 Å². The standard InChI is InChI=1S/C11H12F3NO4S/c12-11(13,14)20(16,17)19-10-4-2-1-3-9(10)15-5-7-18-8-6-15/h1-4H,5-8H2. The summed E-state index contributed by atoms with van der Waals surface area (Å²) >= 11 is 0. The molecule has 0 aliphatic carbocycles. The van der Waals surface area contributed by atoms with Gasteiger partial charge in [-0.2, -0.15) is 21.6 Å². The second-order valence-electron chi connectivity index (χ2n) is 4.05. The minimum absolute atomic E-state index is 0.295. The third-order valence-corrected chi connectivity index (χ3v) is 3.67. The molecular formula is C11H12F3NO4S. The van der Waals surface area contributed by atoms with Crippen molar-refractivity contribution in [2.24, 2.45) is 0 Å². The fraction of sp³-hybridized carbons (Fsp3) is 0.455. The fourth-order valence-corrected chi connectivity index (χ4v) is 2.23. The van der Waals surface area contributed by atoms with Gasteiger partial charge in [0.05, 0.1) is 18.9 Å². The van der Waals surface area contributed by atoms with Gasteiger partial charge >= 0.3 is 15.6 Å². The van der Waals surface area contributed by atoms with Gasteiger partial charge in [0.25, 0.3) is 0 Å². The van der Waals surface area contributed by atoms with Gasteiger partial charge in [0.2, 0.25) is 0 Å². The van der Waals surface area contributed by atoms with Crippen LogP contribution in [0.15, 0.2) is 24.3 Å². The Labute approximate surface area is 114 Å². The van der Waals surface area contributed by atoms with Gasteiger partial charge in [0.1, 0.15) is 0 Å². The van der Waals surface area contributed by atoms with E-state index in [2.05, 4.69) is 4.18 Å². The van der Waals surface area contributed by atoms with Gasteiger partial charge in [-0.25, -0.2) is 0 Å². The Morgan fingerprint density at radius 2 is 1.75 bits per heavy atom. The lowest BCUT2D eigenvalue weighted by molar-refractivity contribution is -0.0499. The molecule has 5 nitrogen and oxygen atoms in total. The second-order valence-corrected chi connectivity index (χ2v) is 5.59. The van der Waals surface area contributed by atoms with Crippen LogP contribution >= 0.6 is 0 Å². The van der Waals surface area contributed by atoms with E-state index in [0.29, 0.717) is 32.0 Å². The molecule has 2 rings (SSSR count). The van der Waals surface area contributed by atoms with Gasteiger partial charge in [0.15, 0.2) is 5.75 Å². The van der Waals surface area contributed by atoms with E-state index in [1.807, 2.05) is 0 Å². The number of alkyl halides is 3. The molecule has 0 radical (unpaired) electrons. The average Bonchev–Trinajstić information content (AvgIpc) is 2.38. The Morgan fingerprint density at radius 1 is 1.15 bits per heavy atom. The number of para-hydroxylation sites is 2. The zero-order valence-electron chi connectivity index (χ0n) is 10.3. The molecule has 0 unspecified atom stereocenters. The minimum Gasteiger partial charge on any atom is -0.378 e. The number of morpholine rings is 1. The molecule has 1 aromatic rings. The van der Waals surface area contributed by atoms with Gasteiger partial charge in [-0.1, -0.05) is 12.1 Å². The monoisotopic (exact) mass is 311 g/mol. The lowest BCUT2D eigenvalue weighted by atomic mass is 10.2. The molecule has 20 heavy (non-hydrogen) atoms. The summed E-state index contributed by atoms with van der Waals surface area (Å²) in [5.74, 6) is -0.341.